The van der Waals surface area contributed by atoms with Crippen LogP contribution in [0.25, 0.3) is 0 Å². The molecule has 6 nitrogen and oxygen atoms in total. The highest BCUT2D eigenvalue weighted by Crippen LogP contribution is 2.39. The average molecular weight is 297 g/mol. The van der Waals surface area contributed by atoms with Gasteiger partial charge >= 0.3 is 11.9 Å². The molecule has 1 atom stereocenters. The molecule has 7 heteroatoms. The summed E-state index contributed by atoms with van der Waals surface area (Å²) in [5.41, 5.74) is 1.29. The van der Waals surface area contributed by atoms with E-state index >= 15 is 0 Å². The van der Waals surface area contributed by atoms with Crippen LogP contribution in [-0.2, 0) is 27.2 Å². The van der Waals surface area contributed by atoms with Crippen LogP contribution < -0.4 is 5.32 Å². The summed E-state index contributed by atoms with van der Waals surface area (Å²) in [5.74, 6) is -3.51. The third-order valence-electron chi connectivity index (χ3n) is 3.31. The Morgan fingerprint density at radius 1 is 1.35 bits per heavy atom. The highest BCUT2D eigenvalue weighted by atomic mass is 32.1. The maximum atomic E-state index is 11.9. The number of thiophene rings is 1. The summed E-state index contributed by atoms with van der Waals surface area (Å²) in [5, 5.41) is 11.7. The summed E-state index contributed by atoms with van der Waals surface area (Å²) < 4.78 is 4.75. The van der Waals surface area contributed by atoms with Gasteiger partial charge in [0.25, 0.3) is 0 Å². The lowest BCUT2D eigenvalue weighted by Crippen LogP contribution is -2.27. The first-order valence-electron chi connectivity index (χ1n) is 6.22. The SMILES string of the molecule is COC(=O)c1c(NC(=O)C(C)C(=O)O)sc2c1CCC2. The number of carboxylic acids is 1. The number of amides is 1. The minimum absolute atomic E-state index is 0.371. The molecule has 0 spiro atoms. The summed E-state index contributed by atoms with van der Waals surface area (Å²) in [4.78, 5) is 35.5. The number of carboxylic acid groups (broad SMARTS) is 1. The fraction of sp³-hybridized carbons (Fsp3) is 0.462. The van der Waals surface area contributed by atoms with Crippen molar-refractivity contribution in [2.75, 3.05) is 12.4 Å². The lowest BCUT2D eigenvalue weighted by Gasteiger charge is -2.09. The van der Waals surface area contributed by atoms with E-state index in [0.29, 0.717) is 10.6 Å². The van der Waals surface area contributed by atoms with Crippen molar-refractivity contribution in [2.45, 2.75) is 26.2 Å². The van der Waals surface area contributed by atoms with Gasteiger partial charge in [-0.05, 0) is 31.7 Å². The van der Waals surface area contributed by atoms with E-state index in [2.05, 4.69) is 5.32 Å². The van der Waals surface area contributed by atoms with Crippen molar-refractivity contribution < 1.29 is 24.2 Å². The molecule has 0 fully saturated rings. The molecule has 1 heterocycles. The number of ether oxygens (including phenoxy) is 1. The van der Waals surface area contributed by atoms with Crippen molar-refractivity contribution in [3.63, 3.8) is 0 Å². The molecule has 0 aromatic carbocycles. The molecule has 20 heavy (non-hydrogen) atoms. The van der Waals surface area contributed by atoms with Crippen LogP contribution in [0.3, 0.4) is 0 Å². The number of anilines is 1. The lowest BCUT2D eigenvalue weighted by atomic mass is 10.1. The zero-order valence-corrected chi connectivity index (χ0v) is 12.0. The molecule has 1 aromatic rings. The van der Waals surface area contributed by atoms with Gasteiger partial charge in [0.05, 0.1) is 12.7 Å². The van der Waals surface area contributed by atoms with E-state index in [4.69, 9.17) is 9.84 Å². The zero-order chi connectivity index (χ0) is 14.9. The van der Waals surface area contributed by atoms with Crippen molar-refractivity contribution >= 4 is 34.2 Å². The van der Waals surface area contributed by atoms with Crippen molar-refractivity contribution in [1.29, 1.82) is 0 Å². The summed E-state index contributed by atoms with van der Waals surface area (Å²) in [7, 11) is 1.28. The lowest BCUT2D eigenvalue weighted by molar-refractivity contribution is -0.144. The minimum atomic E-state index is -1.20. The Balaban J connectivity index is 2.31. The third kappa shape index (κ3) is 2.53. The molecule has 0 bridgehead atoms. The Hall–Kier alpha value is -1.89. The second-order valence-electron chi connectivity index (χ2n) is 4.60. The van der Waals surface area contributed by atoms with Gasteiger partial charge in [-0.25, -0.2) is 4.79 Å². The Morgan fingerprint density at radius 2 is 2.05 bits per heavy atom. The summed E-state index contributed by atoms with van der Waals surface area (Å²) in [6, 6.07) is 0. The van der Waals surface area contributed by atoms with E-state index < -0.39 is 23.8 Å². The van der Waals surface area contributed by atoms with E-state index in [9.17, 15) is 14.4 Å². The first-order chi connectivity index (χ1) is 9.45. The Labute approximate surface area is 119 Å². The number of aryl methyl sites for hydroxylation is 1. The second-order valence-corrected chi connectivity index (χ2v) is 5.71. The quantitative estimate of drug-likeness (QED) is 0.651. The number of hydrogen-bond acceptors (Lipinski definition) is 5. The van der Waals surface area contributed by atoms with Gasteiger partial charge in [0.15, 0.2) is 0 Å². The molecule has 0 aliphatic heterocycles. The highest BCUT2D eigenvalue weighted by Gasteiger charge is 2.29. The largest absolute Gasteiger partial charge is 0.481 e. The van der Waals surface area contributed by atoms with Gasteiger partial charge in [-0.15, -0.1) is 11.3 Å². The maximum absolute atomic E-state index is 11.9. The minimum Gasteiger partial charge on any atom is -0.481 e. The topological polar surface area (TPSA) is 92.7 Å². The van der Waals surface area contributed by atoms with Crippen LogP contribution in [0.2, 0.25) is 0 Å². The number of carbonyl (C=O) groups is 3. The standard InChI is InChI=1S/C13H15NO5S/c1-6(12(16)17)10(15)14-11-9(13(18)19-2)7-4-3-5-8(7)20-11/h6H,3-5H2,1-2H3,(H,14,15)(H,16,17). The van der Waals surface area contributed by atoms with Gasteiger partial charge < -0.3 is 15.2 Å². The van der Waals surface area contributed by atoms with Gasteiger partial charge in [0, 0.05) is 4.88 Å². The van der Waals surface area contributed by atoms with Gasteiger partial charge in [-0.1, -0.05) is 0 Å². The van der Waals surface area contributed by atoms with Gasteiger partial charge in [0.2, 0.25) is 5.91 Å². The molecule has 1 aliphatic rings. The first kappa shape index (κ1) is 14.5. The van der Waals surface area contributed by atoms with Gasteiger partial charge in [-0.3, -0.25) is 9.59 Å². The monoisotopic (exact) mass is 297 g/mol. The van der Waals surface area contributed by atoms with Crippen molar-refractivity contribution in [2.24, 2.45) is 5.92 Å². The predicted octanol–water partition coefficient (Wildman–Crippen LogP) is 1.68. The number of nitrogens with one attached hydrogen (secondary N) is 1. The van der Waals surface area contributed by atoms with E-state index in [0.717, 1.165) is 29.7 Å². The Kier molecular flexibility index (Phi) is 4.08. The summed E-state index contributed by atoms with van der Waals surface area (Å²) in [6.45, 7) is 1.30. The van der Waals surface area contributed by atoms with Crippen LogP contribution in [0.1, 0.15) is 34.1 Å². The zero-order valence-electron chi connectivity index (χ0n) is 11.2. The fourth-order valence-electron chi connectivity index (χ4n) is 2.14. The number of carbonyl (C=O) groups excluding carboxylic acids is 2. The molecule has 2 rings (SSSR count). The number of rotatable bonds is 4. The van der Waals surface area contributed by atoms with Crippen LogP contribution in [0.15, 0.2) is 0 Å². The molecule has 1 aromatic heterocycles. The molecule has 0 saturated heterocycles. The number of esters is 1. The second kappa shape index (κ2) is 5.62. The molecule has 0 saturated carbocycles. The first-order valence-corrected chi connectivity index (χ1v) is 7.03. The van der Waals surface area contributed by atoms with Crippen molar-refractivity contribution in [3.8, 4) is 0 Å². The number of methoxy groups -OCH3 is 1. The van der Waals surface area contributed by atoms with Gasteiger partial charge in [0.1, 0.15) is 10.9 Å². The summed E-state index contributed by atoms with van der Waals surface area (Å²) >= 11 is 1.32. The number of aliphatic carboxylic acids is 1. The van der Waals surface area contributed by atoms with Crippen LogP contribution >= 0.6 is 11.3 Å². The Morgan fingerprint density at radius 3 is 2.65 bits per heavy atom. The van der Waals surface area contributed by atoms with Crippen LogP contribution in [-0.4, -0.2) is 30.1 Å². The molecular formula is C13H15NO5S. The van der Waals surface area contributed by atoms with E-state index in [1.807, 2.05) is 0 Å². The molecule has 1 unspecified atom stereocenters. The third-order valence-corrected chi connectivity index (χ3v) is 4.52. The molecule has 1 aliphatic carbocycles. The van der Waals surface area contributed by atoms with Crippen molar-refractivity contribution in [3.05, 3.63) is 16.0 Å². The van der Waals surface area contributed by atoms with Gasteiger partial charge in [-0.2, -0.15) is 0 Å². The van der Waals surface area contributed by atoms with E-state index in [1.165, 1.54) is 25.4 Å². The molecule has 0 radical (unpaired) electrons. The average Bonchev–Trinajstić information content (AvgIpc) is 2.96. The predicted molar refractivity (Wildman–Crippen MR) is 73.1 cm³/mol. The van der Waals surface area contributed by atoms with E-state index in [1.54, 1.807) is 0 Å². The molecule has 108 valence electrons. The van der Waals surface area contributed by atoms with Crippen LogP contribution in [0.4, 0.5) is 5.00 Å². The number of hydrogen-bond donors (Lipinski definition) is 2. The normalized spacial score (nSPS) is 14.5. The van der Waals surface area contributed by atoms with E-state index in [-0.39, 0.29) is 0 Å². The highest BCUT2D eigenvalue weighted by molar-refractivity contribution is 7.17. The molecular weight excluding hydrogens is 282 g/mol. The van der Waals surface area contributed by atoms with Crippen LogP contribution in [0.5, 0.6) is 0 Å². The molecule has 2 N–H and O–H groups in total. The van der Waals surface area contributed by atoms with Crippen molar-refractivity contribution in [1.82, 2.24) is 0 Å². The fourth-order valence-corrected chi connectivity index (χ4v) is 3.42. The Bertz CT molecular complexity index is 578. The smallest absolute Gasteiger partial charge is 0.341 e. The maximum Gasteiger partial charge on any atom is 0.341 e. The molecule has 1 amide bonds. The summed E-state index contributed by atoms with van der Waals surface area (Å²) in [6.07, 6.45) is 2.62. The van der Waals surface area contributed by atoms with Crippen LogP contribution in [0, 0.1) is 5.92 Å². The number of fused-ring (bicyclic) bond motifs is 1.